The molecular formula is C32H65. The first-order valence-electron chi connectivity index (χ1n) is 15.7. The number of hydrogen-bond donors (Lipinski definition) is 0. The Balaban J connectivity index is 2.98. The van der Waals surface area contributed by atoms with E-state index >= 15 is 0 Å². The summed E-state index contributed by atoms with van der Waals surface area (Å²) >= 11 is 0. The van der Waals surface area contributed by atoms with Crippen molar-refractivity contribution in [3.05, 3.63) is 6.42 Å². The van der Waals surface area contributed by atoms with E-state index in [2.05, 4.69) is 20.3 Å². The summed E-state index contributed by atoms with van der Waals surface area (Å²) in [5.74, 6) is 0. The minimum Gasteiger partial charge on any atom is -0.0654 e. The summed E-state index contributed by atoms with van der Waals surface area (Å²) in [5.41, 5.74) is 0. The van der Waals surface area contributed by atoms with E-state index in [0.717, 1.165) is 0 Å². The third-order valence-corrected chi connectivity index (χ3v) is 7.27. The second-order valence-corrected chi connectivity index (χ2v) is 10.7. The maximum Gasteiger partial charge on any atom is -0.0386 e. The molecule has 0 fully saturated rings. The Labute approximate surface area is 206 Å². The van der Waals surface area contributed by atoms with Gasteiger partial charge in [-0.15, -0.1) is 0 Å². The zero-order valence-electron chi connectivity index (χ0n) is 23.1. The van der Waals surface area contributed by atoms with Gasteiger partial charge in [0.1, 0.15) is 0 Å². The fourth-order valence-electron chi connectivity index (χ4n) is 4.93. The molecule has 0 bridgehead atoms. The van der Waals surface area contributed by atoms with Gasteiger partial charge in [0.15, 0.2) is 0 Å². The van der Waals surface area contributed by atoms with E-state index in [-0.39, 0.29) is 0 Å². The van der Waals surface area contributed by atoms with Gasteiger partial charge >= 0.3 is 0 Å². The normalized spacial score (nSPS) is 11.4. The molecule has 32 heavy (non-hydrogen) atoms. The molecule has 0 N–H and O–H groups in total. The molecule has 0 amide bonds. The minimum absolute atomic E-state index is 1.37. The summed E-state index contributed by atoms with van der Waals surface area (Å²) in [6, 6.07) is 0. The van der Waals surface area contributed by atoms with Crippen LogP contribution >= 0.6 is 0 Å². The number of rotatable bonds is 29. The van der Waals surface area contributed by atoms with Gasteiger partial charge in [0.25, 0.3) is 0 Å². The maximum atomic E-state index is 2.57. The first-order chi connectivity index (χ1) is 15.9. The summed E-state index contributed by atoms with van der Waals surface area (Å²) < 4.78 is 0. The molecule has 0 heteroatoms. The summed E-state index contributed by atoms with van der Waals surface area (Å²) in [6.07, 6.45) is 44.9. The van der Waals surface area contributed by atoms with Crippen LogP contribution in [0.4, 0.5) is 0 Å². The van der Waals surface area contributed by atoms with Crippen LogP contribution in [-0.2, 0) is 0 Å². The molecule has 0 saturated carbocycles. The highest BCUT2D eigenvalue weighted by Gasteiger charge is 1.96. The smallest absolute Gasteiger partial charge is 0.0386 e. The van der Waals surface area contributed by atoms with Gasteiger partial charge in [0.05, 0.1) is 0 Å². The lowest BCUT2D eigenvalue weighted by Crippen LogP contribution is -1.85. The molecule has 0 aliphatic heterocycles. The first-order valence-corrected chi connectivity index (χ1v) is 15.7. The predicted molar refractivity (Wildman–Crippen MR) is 150 cm³/mol. The van der Waals surface area contributed by atoms with Gasteiger partial charge < -0.3 is 0 Å². The third-order valence-electron chi connectivity index (χ3n) is 7.27. The van der Waals surface area contributed by atoms with E-state index in [9.17, 15) is 0 Å². The van der Waals surface area contributed by atoms with E-state index in [1.165, 1.54) is 186 Å². The zero-order valence-corrected chi connectivity index (χ0v) is 23.1. The van der Waals surface area contributed by atoms with Crippen molar-refractivity contribution in [1.29, 1.82) is 0 Å². The lowest BCUT2D eigenvalue weighted by atomic mass is 10.0. The van der Waals surface area contributed by atoms with Crippen molar-refractivity contribution in [2.75, 3.05) is 0 Å². The highest BCUT2D eigenvalue weighted by atomic mass is 14.0. The number of unbranched alkanes of at least 4 members (excludes halogenated alkanes) is 29. The van der Waals surface area contributed by atoms with Crippen molar-refractivity contribution in [3.63, 3.8) is 0 Å². The Kier molecular flexibility index (Phi) is 31.0. The van der Waals surface area contributed by atoms with Crippen molar-refractivity contribution in [2.24, 2.45) is 0 Å². The van der Waals surface area contributed by atoms with E-state index in [1.807, 2.05) is 0 Å². The highest BCUT2D eigenvalue weighted by molar-refractivity contribution is 4.64. The molecule has 0 aromatic carbocycles. The quantitative estimate of drug-likeness (QED) is 0.0995. The summed E-state index contributed by atoms with van der Waals surface area (Å²) in [4.78, 5) is 0. The molecule has 0 aliphatic carbocycles. The Morgan fingerprint density at radius 1 is 0.250 bits per heavy atom. The molecule has 0 spiro atoms. The summed E-state index contributed by atoms with van der Waals surface area (Å²) in [6.45, 7) is 4.61. The minimum atomic E-state index is 1.37. The van der Waals surface area contributed by atoms with Gasteiger partial charge in [-0.05, 0) is 6.42 Å². The van der Waals surface area contributed by atoms with Crippen molar-refractivity contribution >= 4 is 0 Å². The van der Waals surface area contributed by atoms with Gasteiger partial charge in [-0.1, -0.05) is 200 Å². The van der Waals surface area contributed by atoms with E-state index in [4.69, 9.17) is 0 Å². The molecule has 0 atom stereocenters. The van der Waals surface area contributed by atoms with Crippen molar-refractivity contribution in [2.45, 2.75) is 200 Å². The molecule has 0 aromatic heterocycles. The van der Waals surface area contributed by atoms with Gasteiger partial charge in [0.2, 0.25) is 0 Å². The summed E-state index contributed by atoms with van der Waals surface area (Å²) in [7, 11) is 0. The Hall–Kier alpha value is 0. The van der Waals surface area contributed by atoms with Gasteiger partial charge in [-0.3, -0.25) is 0 Å². The third kappa shape index (κ3) is 30.0. The lowest BCUT2D eigenvalue weighted by Gasteiger charge is -2.04. The van der Waals surface area contributed by atoms with E-state index in [1.54, 1.807) is 0 Å². The van der Waals surface area contributed by atoms with Crippen molar-refractivity contribution < 1.29 is 0 Å². The molecule has 0 aromatic rings. The molecule has 193 valence electrons. The second kappa shape index (κ2) is 31.0. The van der Waals surface area contributed by atoms with Crippen molar-refractivity contribution in [3.8, 4) is 0 Å². The SMILES string of the molecule is CCCCCCCCCC[CH]CCCCCCCCCCCCCCCCCCCCC. The van der Waals surface area contributed by atoms with Crippen LogP contribution in [0.5, 0.6) is 0 Å². The molecule has 0 aliphatic rings. The fourth-order valence-corrected chi connectivity index (χ4v) is 4.93. The van der Waals surface area contributed by atoms with E-state index < -0.39 is 0 Å². The molecule has 0 rings (SSSR count). The fraction of sp³-hybridized carbons (Fsp3) is 0.969. The van der Waals surface area contributed by atoms with Crippen LogP contribution in [0.25, 0.3) is 0 Å². The van der Waals surface area contributed by atoms with Crippen molar-refractivity contribution in [1.82, 2.24) is 0 Å². The highest BCUT2D eigenvalue weighted by Crippen LogP contribution is 2.16. The average Bonchev–Trinajstić information content (AvgIpc) is 2.81. The van der Waals surface area contributed by atoms with Gasteiger partial charge in [-0.2, -0.15) is 0 Å². The maximum absolute atomic E-state index is 2.57. The van der Waals surface area contributed by atoms with Crippen LogP contribution in [0.1, 0.15) is 200 Å². The largest absolute Gasteiger partial charge is 0.0654 e. The number of hydrogen-bond acceptors (Lipinski definition) is 0. The van der Waals surface area contributed by atoms with Crippen LogP contribution in [0.3, 0.4) is 0 Å². The average molecular weight is 450 g/mol. The van der Waals surface area contributed by atoms with Crippen LogP contribution in [0, 0.1) is 6.42 Å². The predicted octanol–water partition coefficient (Wildman–Crippen LogP) is 12.5. The van der Waals surface area contributed by atoms with E-state index in [0.29, 0.717) is 0 Å². The van der Waals surface area contributed by atoms with Crippen LogP contribution < -0.4 is 0 Å². The van der Waals surface area contributed by atoms with Crippen LogP contribution in [0.15, 0.2) is 0 Å². The molecule has 0 unspecified atom stereocenters. The van der Waals surface area contributed by atoms with Gasteiger partial charge in [-0.25, -0.2) is 0 Å². The van der Waals surface area contributed by atoms with Crippen LogP contribution in [0.2, 0.25) is 0 Å². The molecule has 1 radical (unpaired) electrons. The standard InChI is InChI=1S/C32H65/c1-3-5-7-9-11-13-15-17-19-21-23-25-27-29-31-32-30-28-26-24-22-20-18-16-14-12-10-8-6-4-2/h21H,3-20,22-32H2,1-2H3. The van der Waals surface area contributed by atoms with Gasteiger partial charge in [0, 0.05) is 0 Å². The topological polar surface area (TPSA) is 0 Å². The summed E-state index contributed by atoms with van der Waals surface area (Å²) in [5, 5.41) is 0. The molecular weight excluding hydrogens is 384 g/mol. The monoisotopic (exact) mass is 450 g/mol. The Morgan fingerprint density at radius 3 is 0.656 bits per heavy atom. The second-order valence-electron chi connectivity index (χ2n) is 10.7. The molecule has 0 heterocycles. The van der Waals surface area contributed by atoms with Crippen LogP contribution in [-0.4, -0.2) is 0 Å². The Bertz CT molecular complexity index is 264. The first kappa shape index (κ1) is 32.0. The zero-order chi connectivity index (χ0) is 23.2. The lowest BCUT2D eigenvalue weighted by molar-refractivity contribution is 0.522. The molecule has 0 nitrogen and oxygen atoms in total. The molecule has 0 saturated heterocycles. The Morgan fingerprint density at radius 2 is 0.438 bits per heavy atom.